The van der Waals surface area contributed by atoms with Crippen molar-refractivity contribution in [1.82, 2.24) is 5.32 Å². The Morgan fingerprint density at radius 2 is 0.931 bits per heavy atom. The smallest absolute Gasteiger partial charge is 0.306 e. The number of ether oxygens (including phenoxy) is 1. The van der Waals surface area contributed by atoms with Crippen LogP contribution in [0.5, 0.6) is 0 Å². The second-order valence-electron chi connectivity index (χ2n) is 16.8. The third-order valence-electron chi connectivity index (χ3n) is 11.2. The highest BCUT2D eigenvalue weighted by Crippen LogP contribution is 2.17. The molecule has 0 aromatic carbocycles. The second-order valence-corrected chi connectivity index (χ2v) is 16.8. The Kier molecular flexibility index (Phi) is 44.2. The first kappa shape index (κ1) is 55.8. The van der Waals surface area contributed by atoms with Gasteiger partial charge in [-0.05, 0) is 57.8 Å². The van der Waals surface area contributed by atoms with Crippen LogP contribution in [-0.2, 0) is 14.3 Å². The Morgan fingerprint density at radius 1 is 0.517 bits per heavy atom. The van der Waals surface area contributed by atoms with Crippen LogP contribution in [0.4, 0.5) is 0 Å². The first-order valence-corrected chi connectivity index (χ1v) is 24.9. The molecule has 3 atom stereocenters. The number of esters is 1. The molecule has 0 aliphatic heterocycles. The average Bonchev–Trinajstić information content (AvgIpc) is 3.22. The van der Waals surface area contributed by atoms with Gasteiger partial charge >= 0.3 is 5.97 Å². The SMILES string of the molecule is CC/C=C/C/C=C/C/C=C/C/C=C/CCCC(CC(=O)NC(CO)C(O)CCCCCCCCCCCCCCCC)OC(=O)CCCCCCCCCCCCC. The lowest BCUT2D eigenvalue weighted by Gasteiger charge is -2.24. The van der Waals surface area contributed by atoms with E-state index in [-0.39, 0.29) is 24.9 Å². The van der Waals surface area contributed by atoms with Crippen LogP contribution < -0.4 is 5.32 Å². The van der Waals surface area contributed by atoms with Gasteiger partial charge in [-0.3, -0.25) is 9.59 Å². The highest BCUT2D eigenvalue weighted by Gasteiger charge is 2.24. The summed E-state index contributed by atoms with van der Waals surface area (Å²) in [5.74, 6) is -0.524. The van der Waals surface area contributed by atoms with Gasteiger partial charge < -0.3 is 20.3 Å². The molecule has 0 bridgehead atoms. The largest absolute Gasteiger partial charge is 0.462 e. The minimum absolute atomic E-state index is 0.0419. The van der Waals surface area contributed by atoms with Crippen molar-refractivity contribution in [3.63, 3.8) is 0 Å². The number of aliphatic hydroxyl groups excluding tert-OH is 2. The zero-order chi connectivity index (χ0) is 42.4. The van der Waals surface area contributed by atoms with Crippen molar-refractivity contribution in [3.05, 3.63) is 48.6 Å². The fraction of sp³-hybridized carbons (Fsp3) is 0.808. The molecule has 3 unspecified atom stereocenters. The predicted octanol–water partition coefficient (Wildman–Crippen LogP) is 14.7. The maximum absolute atomic E-state index is 13.2. The van der Waals surface area contributed by atoms with E-state index in [9.17, 15) is 19.8 Å². The summed E-state index contributed by atoms with van der Waals surface area (Å²) in [4.78, 5) is 26.0. The maximum atomic E-state index is 13.2. The van der Waals surface area contributed by atoms with E-state index in [2.05, 4.69) is 74.7 Å². The topological polar surface area (TPSA) is 95.9 Å². The van der Waals surface area contributed by atoms with Gasteiger partial charge in [0, 0.05) is 6.42 Å². The molecule has 3 N–H and O–H groups in total. The monoisotopic (exact) mass is 814 g/mol. The summed E-state index contributed by atoms with van der Waals surface area (Å²) in [5.41, 5.74) is 0. The Hall–Kier alpha value is -2.18. The highest BCUT2D eigenvalue weighted by atomic mass is 16.5. The molecule has 0 aliphatic rings. The molecule has 6 nitrogen and oxygen atoms in total. The summed E-state index contributed by atoms with van der Waals surface area (Å²) in [5, 5.41) is 23.7. The maximum Gasteiger partial charge on any atom is 0.306 e. The lowest BCUT2D eigenvalue weighted by atomic mass is 10.0. The average molecular weight is 814 g/mol. The quantitative estimate of drug-likeness (QED) is 0.0323. The predicted molar refractivity (Wildman–Crippen MR) is 250 cm³/mol. The van der Waals surface area contributed by atoms with Gasteiger partial charge in [-0.2, -0.15) is 0 Å². The van der Waals surface area contributed by atoms with Gasteiger partial charge in [-0.1, -0.05) is 223 Å². The first-order chi connectivity index (χ1) is 28.5. The molecule has 0 radical (unpaired) electrons. The molecule has 1 amide bonds. The molecular weight excluding hydrogens is 719 g/mol. The normalized spacial score (nSPS) is 13.7. The first-order valence-electron chi connectivity index (χ1n) is 24.9. The number of unbranched alkanes of at least 4 members (excludes halogenated alkanes) is 24. The van der Waals surface area contributed by atoms with Crippen molar-refractivity contribution in [2.75, 3.05) is 6.61 Å². The number of hydrogen-bond donors (Lipinski definition) is 3. The fourth-order valence-electron chi connectivity index (χ4n) is 7.43. The van der Waals surface area contributed by atoms with Crippen molar-refractivity contribution in [3.8, 4) is 0 Å². The number of amides is 1. The van der Waals surface area contributed by atoms with Crippen molar-refractivity contribution in [2.24, 2.45) is 0 Å². The van der Waals surface area contributed by atoms with Crippen LogP contribution >= 0.6 is 0 Å². The number of carbonyl (C=O) groups is 2. The van der Waals surface area contributed by atoms with E-state index in [1.54, 1.807) is 0 Å². The van der Waals surface area contributed by atoms with E-state index < -0.39 is 18.2 Å². The van der Waals surface area contributed by atoms with Crippen LogP contribution in [0.2, 0.25) is 0 Å². The van der Waals surface area contributed by atoms with Gasteiger partial charge in [0.2, 0.25) is 5.91 Å². The Bertz CT molecular complexity index is 1000. The van der Waals surface area contributed by atoms with Crippen molar-refractivity contribution >= 4 is 11.9 Å². The van der Waals surface area contributed by atoms with Crippen molar-refractivity contribution in [2.45, 2.75) is 264 Å². The number of rotatable bonds is 44. The van der Waals surface area contributed by atoms with Crippen LogP contribution in [0.25, 0.3) is 0 Å². The van der Waals surface area contributed by atoms with Gasteiger partial charge in [0.1, 0.15) is 6.10 Å². The molecule has 6 heteroatoms. The number of hydrogen-bond acceptors (Lipinski definition) is 5. The zero-order valence-electron chi connectivity index (χ0n) is 38.4. The number of nitrogens with one attached hydrogen (secondary N) is 1. The van der Waals surface area contributed by atoms with E-state index in [1.807, 2.05) is 0 Å². The van der Waals surface area contributed by atoms with Gasteiger partial charge in [-0.15, -0.1) is 0 Å². The molecule has 0 aromatic rings. The standard InChI is InChI=1S/C52H95NO5/c1-4-7-10-13-16-19-22-24-26-29-31-34-37-40-43-48(58-52(57)45-42-39-36-33-28-21-18-15-12-9-6-3)46-51(56)53-49(47-54)50(55)44-41-38-35-32-30-27-25-23-20-17-14-11-8-5-2/h7,10,16,19,24,26,31,34,48-50,54-55H,4-6,8-9,11-15,17-18,20-23,25,27-30,32-33,35-47H2,1-3H3,(H,53,56)/b10-7+,19-16+,26-24+,34-31+. The Morgan fingerprint density at radius 3 is 1.38 bits per heavy atom. The second kappa shape index (κ2) is 45.9. The molecule has 58 heavy (non-hydrogen) atoms. The minimum Gasteiger partial charge on any atom is -0.462 e. The molecule has 0 saturated carbocycles. The highest BCUT2D eigenvalue weighted by molar-refractivity contribution is 5.77. The van der Waals surface area contributed by atoms with E-state index in [4.69, 9.17) is 4.74 Å². The molecule has 0 heterocycles. The Balaban J connectivity index is 4.64. The summed E-state index contributed by atoms with van der Waals surface area (Å²) in [6, 6.07) is -0.716. The van der Waals surface area contributed by atoms with Crippen LogP contribution in [0.3, 0.4) is 0 Å². The molecule has 338 valence electrons. The summed E-state index contributed by atoms with van der Waals surface area (Å²) >= 11 is 0. The van der Waals surface area contributed by atoms with Crippen LogP contribution in [-0.4, -0.2) is 46.9 Å². The summed E-state index contributed by atoms with van der Waals surface area (Å²) in [6.45, 7) is 6.35. The molecule has 0 aliphatic carbocycles. The summed E-state index contributed by atoms with van der Waals surface area (Å²) in [7, 11) is 0. The van der Waals surface area contributed by atoms with Gasteiger partial charge in [0.15, 0.2) is 0 Å². The number of carbonyl (C=O) groups excluding carboxylic acids is 2. The van der Waals surface area contributed by atoms with Gasteiger partial charge in [-0.25, -0.2) is 0 Å². The van der Waals surface area contributed by atoms with E-state index in [1.165, 1.54) is 122 Å². The van der Waals surface area contributed by atoms with Crippen molar-refractivity contribution in [1.29, 1.82) is 0 Å². The van der Waals surface area contributed by atoms with E-state index >= 15 is 0 Å². The lowest BCUT2D eigenvalue weighted by molar-refractivity contribution is -0.151. The van der Waals surface area contributed by atoms with Crippen LogP contribution in [0.1, 0.15) is 245 Å². The molecule has 0 rings (SSSR count). The molecule has 0 spiro atoms. The van der Waals surface area contributed by atoms with E-state index in [0.29, 0.717) is 19.3 Å². The van der Waals surface area contributed by atoms with Crippen LogP contribution in [0, 0.1) is 0 Å². The molecule has 0 fully saturated rings. The molecular formula is C52H95NO5. The third kappa shape index (κ3) is 40.6. The summed E-state index contributed by atoms with van der Waals surface area (Å²) in [6.07, 6.45) is 54.6. The fourth-order valence-corrected chi connectivity index (χ4v) is 7.43. The third-order valence-corrected chi connectivity index (χ3v) is 11.2. The Labute approximate surface area is 359 Å². The van der Waals surface area contributed by atoms with Gasteiger partial charge in [0.05, 0.1) is 25.2 Å². The van der Waals surface area contributed by atoms with E-state index in [0.717, 1.165) is 77.0 Å². The lowest BCUT2D eigenvalue weighted by Crippen LogP contribution is -2.46. The summed E-state index contributed by atoms with van der Waals surface area (Å²) < 4.78 is 5.89. The number of allylic oxidation sites excluding steroid dienone is 8. The minimum atomic E-state index is -0.800. The van der Waals surface area contributed by atoms with Crippen molar-refractivity contribution < 1.29 is 24.5 Å². The molecule has 0 saturated heterocycles. The zero-order valence-corrected chi connectivity index (χ0v) is 38.4. The van der Waals surface area contributed by atoms with Crippen LogP contribution in [0.15, 0.2) is 48.6 Å². The molecule has 0 aromatic heterocycles. The van der Waals surface area contributed by atoms with Gasteiger partial charge in [0.25, 0.3) is 0 Å². The number of aliphatic hydroxyl groups is 2.